The van der Waals surface area contributed by atoms with Gasteiger partial charge in [-0.1, -0.05) is 108 Å². The van der Waals surface area contributed by atoms with Crippen molar-refractivity contribution in [2.45, 2.75) is 77.5 Å². The highest BCUT2D eigenvalue weighted by Crippen LogP contribution is 2.44. The Kier molecular flexibility index (Phi) is 11.4. The Bertz CT molecular complexity index is 1650. The summed E-state index contributed by atoms with van der Waals surface area (Å²) in [6, 6.07) is 31.0. The number of hydrogen-bond donors (Lipinski definition) is 2. The average Bonchev–Trinajstić information content (AvgIpc) is 3.39. The van der Waals surface area contributed by atoms with Gasteiger partial charge in [0.05, 0.1) is 0 Å². The molecule has 0 saturated carbocycles. The van der Waals surface area contributed by atoms with Gasteiger partial charge in [0.1, 0.15) is 18.2 Å². The topological polar surface area (TPSA) is 103 Å². The van der Waals surface area contributed by atoms with Gasteiger partial charge >= 0.3 is 18.2 Å². The van der Waals surface area contributed by atoms with Crippen LogP contribution in [0.2, 0.25) is 0 Å². The molecule has 1 aliphatic carbocycles. The van der Waals surface area contributed by atoms with Gasteiger partial charge in [-0.25, -0.2) is 14.4 Å². The van der Waals surface area contributed by atoms with Crippen molar-refractivity contribution in [2.24, 2.45) is 0 Å². The highest BCUT2D eigenvalue weighted by molar-refractivity contribution is 5.82. The summed E-state index contributed by atoms with van der Waals surface area (Å²) in [7, 11) is 0. The van der Waals surface area contributed by atoms with Crippen LogP contribution in [0, 0.1) is 13.8 Å². The van der Waals surface area contributed by atoms with Gasteiger partial charge in [0.25, 0.3) is 0 Å². The molecule has 1 atom stereocenters. The van der Waals surface area contributed by atoms with E-state index >= 15 is 0 Å². The van der Waals surface area contributed by atoms with Gasteiger partial charge in [-0.2, -0.15) is 0 Å². The van der Waals surface area contributed by atoms with Crippen LogP contribution in [0.4, 0.5) is 9.59 Å². The summed E-state index contributed by atoms with van der Waals surface area (Å²) in [6.45, 7) is 9.90. The molecule has 8 nitrogen and oxygen atoms in total. The first kappa shape index (κ1) is 35.2. The number of esters is 1. The second-order valence-electron chi connectivity index (χ2n) is 13.6. The summed E-state index contributed by atoms with van der Waals surface area (Å²) in [4.78, 5) is 39.3. The zero-order valence-corrected chi connectivity index (χ0v) is 29.0. The zero-order valence-electron chi connectivity index (χ0n) is 29.0. The number of unbranched alkanes of at least 4 members (excludes halogenated alkanes) is 1. The van der Waals surface area contributed by atoms with E-state index in [2.05, 4.69) is 34.9 Å². The summed E-state index contributed by atoms with van der Waals surface area (Å²) >= 11 is 0. The van der Waals surface area contributed by atoms with E-state index in [1.54, 1.807) is 20.8 Å². The van der Waals surface area contributed by atoms with Crippen LogP contribution >= 0.6 is 0 Å². The van der Waals surface area contributed by atoms with Gasteiger partial charge < -0.3 is 24.8 Å². The minimum Gasteiger partial charge on any atom is -0.451 e. The molecule has 0 spiro atoms. The Hall–Kier alpha value is -5.11. The number of carbonyl (C=O) groups excluding carboxylic acids is 3. The third-order valence-electron chi connectivity index (χ3n) is 8.50. The average molecular weight is 663 g/mol. The number of aryl methyl sites for hydroxylation is 2. The zero-order chi connectivity index (χ0) is 35.0. The largest absolute Gasteiger partial charge is 0.451 e. The van der Waals surface area contributed by atoms with Gasteiger partial charge in [0.15, 0.2) is 6.10 Å². The molecule has 4 aromatic carbocycles. The molecule has 0 bridgehead atoms. The molecule has 4 aromatic rings. The minimum atomic E-state index is -0.976. The van der Waals surface area contributed by atoms with Gasteiger partial charge in [0, 0.05) is 12.5 Å². The number of alkyl carbamates (subject to hydrolysis) is 2. The molecule has 8 heteroatoms. The first-order valence-electron chi connectivity index (χ1n) is 16.9. The Balaban J connectivity index is 1.28. The third kappa shape index (κ3) is 9.50. The Labute approximate surface area is 289 Å². The second-order valence-corrected chi connectivity index (χ2v) is 13.6. The highest BCUT2D eigenvalue weighted by atomic mass is 16.6. The third-order valence-corrected chi connectivity index (χ3v) is 8.50. The van der Waals surface area contributed by atoms with E-state index < -0.39 is 35.9 Å². The maximum Gasteiger partial charge on any atom is 0.407 e. The molecule has 0 fully saturated rings. The minimum absolute atomic E-state index is 0.116. The normalized spacial score (nSPS) is 12.9. The summed E-state index contributed by atoms with van der Waals surface area (Å²) in [5.41, 5.74) is 7.69. The summed E-state index contributed by atoms with van der Waals surface area (Å²) < 4.78 is 17.3. The molecule has 0 unspecified atom stereocenters. The molecule has 0 saturated heterocycles. The van der Waals surface area contributed by atoms with Gasteiger partial charge in [-0.3, -0.25) is 0 Å². The maximum absolute atomic E-state index is 13.9. The van der Waals surface area contributed by atoms with E-state index in [0.717, 1.165) is 44.5 Å². The lowest BCUT2D eigenvalue weighted by Gasteiger charge is -2.24. The summed E-state index contributed by atoms with van der Waals surface area (Å²) in [5, 5.41) is 5.54. The van der Waals surface area contributed by atoms with Crippen LogP contribution in [0.25, 0.3) is 11.1 Å². The molecule has 0 radical (unpaired) electrons. The number of nitrogens with one attached hydrogen (secondary N) is 2. The van der Waals surface area contributed by atoms with Gasteiger partial charge in [-0.05, 0) is 87.3 Å². The van der Waals surface area contributed by atoms with Crippen LogP contribution in [0.1, 0.15) is 85.4 Å². The molecular weight excluding hydrogens is 616 g/mol. The van der Waals surface area contributed by atoms with E-state index in [-0.39, 0.29) is 18.9 Å². The number of fused-ring (bicyclic) bond motifs is 3. The van der Waals surface area contributed by atoms with E-state index in [4.69, 9.17) is 14.2 Å². The van der Waals surface area contributed by atoms with Crippen molar-refractivity contribution in [3.8, 4) is 11.1 Å². The first-order chi connectivity index (χ1) is 23.5. The van der Waals surface area contributed by atoms with Crippen molar-refractivity contribution in [2.75, 3.05) is 13.2 Å². The van der Waals surface area contributed by atoms with Crippen LogP contribution in [0.5, 0.6) is 0 Å². The van der Waals surface area contributed by atoms with Crippen LogP contribution < -0.4 is 10.6 Å². The molecule has 0 aliphatic heterocycles. The quantitative estimate of drug-likeness (QED) is 0.0896. The fourth-order valence-electron chi connectivity index (χ4n) is 6.02. The van der Waals surface area contributed by atoms with Gasteiger partial charge in [-0.15, -0.1) is 0 Å². The predicted octanol–water partition coefficient (Wildman–Crippen LogP) is 8.54. The number of amides is 2. The lowest BCUT2D eigenvalue weighted by molar-refractivity contribution is -0.150. The highest BCUT2D eigenvalue weighted by Gasteiger charge is 2.31. The first-order valence-corrected chi connectivity index (χ1v) is 16.9. The van der Waals surface area contributed by atoms with Crippen LogP contribution in [-0.4, -0.2) is 43.0 Å². The number of rotatable bonds is 12. The second kappa shape index (κ2) is 15.9. The van der Waals surface area contributed by atoms with Crippen molar-refractivity contribution in [1.29, 1.82) is 0 Å². The fraction of sp³-hybridized carbons (Fsp3) is 0.341. The molecule has 5 rings (SSSR count). The molecule has 1 aliphatic rings. The van der Waals surface area contributed by atoms with E-state index in [0.29, 0.717) is 19.4 Å². The number of benzene rings is 4. The van der Waals surface area contributed by atoms with Crippen molar-refractivity contribution < 1.29 is 28.6 Å². The summed E-state index contributed by atoms with van der Waals surface area (Å²) in [6.07, 6.45) is -0.493. The number of carbonyl (C=O) groups is 3. The van der Waals surface area contributed by atoms with Crippen molar-refractivity contribution in [3.63, 3.8) is 0 Å². The Morgan fingerprint density at radius 3 is 1.78 bits per heavy atom. The molecule has 256 valence electrons. The molecule has 2 N–H and O–H groups in total. The molecule has 49 heavy (non-hydrogen) atoms. The number of hydrogen-bond acceptors (Lipinski definition) is 6. The van der Waals surface area contributed by atoms with E-state index in [1.165, 1.54) is 0 Å². The van der Waals surface area contributed by atoms with E-state index in [1.807, 2.05) is 86.6 Å². The van der Waals surface area contributed by atoms with Gasteiger partial charge in [0.2, 0.25) is 0 Å². The molecular formula is C41H46N2O6. The SMILES string of the molecule is Cc1ccc(C(OC(=O)[C@H](CCCCNC(=O)OC(C)(C)C)NC(=O)OCC2c3ccccc3-c3ccccc32)c2ccc(C)cc2)cc1. The molecule has 0 aromatic heterocycles. The Morgan fingerprint density at radius 1 is 0.714 bits per heavy atom. The standard InChI is InChI=1S/C41H46N2O6/c1-27-17-21-29(22-18-27)37(30-23-19-28(2)20-24-30)48-38(44)36(16-10-11-25-42-39(45)49-41(3,4)5)43-40(46)47-26-35-33-14-8-6-12-31(33)32-13-7-9-15-34(32)35/h6-9,12-15,17-24,35-37H,10-11,16,25-26H2,1-5H3,(H,42,45)(H,43,46)/t36-/m0/s1. The fourth-order valence-corrected chi connectivity index (χ4v) is 6.02. The summed E-state index contributed by atoms with van der Waals surface area (Å²) in [5.74, 6) is -0.685. The maximum atomic E-state index is 13.9. The molecule has 0 heterocycles. The lowest BCUT2D eigenvalue weighted by Crippen LogP contribution is -2.43. The monoisotopic (exact) mass is 662 g/mol. The predicted molar refractivity (Wildman–Crippen MR) is 190 cm³/mol. The van der Waals surface area contributed by atoms with Crippen LogP contribution in [0.3, 0.4) is 0 Å². The smallest absolute Gasteiger partial charge is 0.407 e. The van der Waals surface area contributed by atoms with Crippen LogP contribution in [-0.2, 0) is 19.0 Å². The van der Waals surface area contributed by atoms with Crippen molar-refractivity contribution in [1.82, 2.24) is 10.6 Å². The van der Waals surface area contributed by atoms with Crippen LogP contribution in [0.15, 0.2) is 97.1 Å². The van der Waals surface area contributed by atoms with E-state index in [9.17, 15) is 14.4 Å². The Morgan fingerprint density at radius 2 is 1.24 bits per heavy atom. The van der Waals surface area contributed by atoms with Crippen molar-refractivity contribution >= 4 is 18.2 Å². The molecule has 2 amide bonds. The number of ether oxygens (including phenoxy) is 3. The van der Waals surface area contributed by atoms with Crippen molar-refractivity contribution in [3.05, 3.63) is 130 Å². The lowest BCUT2D eigenvalue weighted by atomic mass is 9.98.